The lowest BCUT2D eigenvalue weighted by atomic mass is 9.73. The lowest BCUT2D eigenvalue weighted by molar-refractivity contribution is 0.490. The molecule has 0 saturated carbocycles. The fourth-order valence-electron chi connectivity index (χ4n) is 9.42. The average molecular weight is 776 g/mol. The highest BCUT2D eigenvalue weighted by molar-refractivity contribution is 5.95. The van der Waals surface area contributed by atoms with Gasteiger partial charge >= 0.3 is 0 Å². The Labute approximate surface area is 357 Å². The molecule has 8 aromatic rings. The predicted octanol–water partition coefficient (Wildman–Crippen LogP) is 16.7. The van der Waals surface area contributed by atoms with Crippen molar-refractivity contribution in [3.8, 4) is 44.5 Å². The van der Waals surface area contributed by atoms with Crippen LogP contribution in [0.1, 0.15) is 75.3 Å². The Morgan fingerprint density at radius 1 is 0.417 bits per heavy atom. The van der Waals surface area contributed by atoms with E-state index in [1.54, 1.807) is 0 Å². The summed E-state index contributed by atoms with van der Waals surface area (Å²) in [5.41, 5.74) is 20.3. The van der Waals surface area contributed by atoms with Gasteiger partial charge in [0.05, 0.1) is 0 Å². The van der Waals surface area contributed by atoms with Crippen molar-refractivity contribution in [1.82, 2.24) is 0 Å². The maximum Gasteiger partial charge on any atom is 0.0465 e. The van der Waals surface area contributed by atoms with E-state index in [0.29, 0.717) is 0 Å². The molecule has 0 heterocycles. The van der Waals surface area contributed by atoms with Crippen molar-refractivity contribution in [1.29, 1.82) is 0 Å². The highest BCUT2D eigenvalue weighted by atomic mass is 15.1. The van der Waals surface area contributed by atoms with Crippen LogP contribution in [0.4, 0.5) is 17.1 Å². The summed E-state index contributed by atoms with van der Waals surface area (Å²) in [5, 5.41) is 0. The van der Waals surface area contributed by atoms with Gasteiger partial charge in [-0.05, 0) is 127 Å². The SMILES string of the molecule is CCC1(CC)c2cc(/C=C/c3ccc(-c4c(-c5ccccc5)cccc4-c4ccc(C(C)(C)C)cc4)cc3)ccc2-c2ccc(N(c3ccccc3)c3ccccc3)cc21. The van der Waals surface area contributed by atoms with Crippen LogP contribution in [0.2, 0.25) is 0 Å². The fourth-order valence-corrected chi connectivity index (χ4v) is 9.42. The van der Waals surface area contributed by atoms with E-state index in [2.05, 4.69) is 246 Å². The summed E-state index contributed by atoms with van der Waals surface area (Å²) >= 11 is 0. The van der Waals surface area contributed by atoms with Crippen molar-refractivity contribution in [3.63, 3.8) is 0 Å². The first-order valence-electron chi connectivity index (χ1n) is 21.5. The van der Waals surface area contributed by atoms with Crippen molar-refractivity contribution in [2.24, 2.45) is 0 Å². The standard InChI is InChI=1S/C59H53N/c1-6-59(7-2)55-40-43(30-38-53(55)54-39-37-50(41-56(54)59)60(48-20-13-9-14-21-48)49-22-15-10-16-23-49)27-26-42-28-31-46(32-29-42)57-51(44-18-11-8-12-19-44)24-17-25-52(57)45-33-35-47(36-34-45)58(3,4)5/h8-41H,6-7H2,1-5H3/b27-26+. The van der Waals surface area contributed by atoms with Crippen molar-refractivity contribution in [3.05, 3.63) is 222 Å². The van der Waals surface area contributed by atoms with Crippen LogP contribution in [0.3, 0.4) is 0 Å². The number of anilines is 3. The summed E-state index contributed by atoms with van der Waals surface area (Å²) in [5.74, 6) is 0. The third-order valence-corrected chi connectivity index (χ3v) is 12.7. The Morgan fingerprint density at radius 2 is 0.900 bits per heavy atom. The zero-order chi connectivity index (χ0) is 41.3. The van der Waals surface area contributed by atoms with Crippen molar-refractivity contribution in [2.45, 2.75) is 58.3 Å². The maximum absolute atomic E-state index is 2.46. The van der Waals surface area contributed by atoms with Crippen LogP contribution in [-0.4, -0.2) is 0 Å². The molecular weight excluding hydrogens is 723 g/mol. The van der Waals surface area contributed by atoms with E-state index in [-0.39, 0.29) is 10.8 Å². The third kappa shape index (κ3) is 7.20. The largest absolute Gasteiger partial charge is 0.310 e. The summed E-state index contributed by atoms with van der Waals surface area (Å²) in [6.07, 6.45) is 6.61. The monoisotopic (exact) mass is 775 g/mol. The maximum atomic E-state index is 2.46. The minimum absolute atomic E-state index is 0.0673. The van der Waals surface area contributed by atoms with Gasteiger partial charge in [-0.15, -0.1) is 0 Å². The highest BCUT2D eigenvalue weighted by Gasteiger charge is 2.41. The predicted molar refractivity (Wildman–Crippen MR) is 258 cm³/mol. The van der Waals surface area contributed by atoms with Crippen LogP contribution < -0.4 is 4.90 Å². The lowest BCUT2D eigenvalue weighted by Crippen LogP contribution is -2.23. The molecule has 0 fully saturated rings. The Morgan fingerprint density at radius 3 is 1.47 bits per heavy atom. The fraction of sp³-hybridized carbons (Fsp3) is 0.153. The summed E-state index contributed by atoms with van der Waals surface area (Å²) < 4.78 is 0. The van der Waals surface area contributed by atoms with Gasteiger partial charge < -0.3 is 4.90 Å². The zero-order valence-electron chi connectivity index (χ0n) is 35.5. The second kappa shape index (κ2) is 16.2. The Hall–Kier alpha value is -6.70. The summed E-state index contributed by atoms with van der Waals surface area (Å²) in [6, 6.07) is 71.4. The van der Waals surface area contributed by atoms with E-state index in [4.69, 9.17) is 0 Å². The molecule has 1 heteroatoms. The summed E-state index contributed by atoms with van der Waals surface area (Å²) in [4.78, 5) is 2.38. The Bertz CT molecular complexity index is 2730. The zero-order valence-corrected chi connectivity index (χ0v) is 35.5. The number of hydrogen-bond donors (Lipinski definition) is 0. The van der Waals surface area contributed by atoms with Gasteiger partial charge in [0, 0.05) is 22.5 Å². The minimum atomic E-state index is -0.0673. The first kappa shape index (κ1) is 38.8. The molecule has 60 heavy (non-hydrogen) atoms. The molecule has 0 unspecified atom stereocenters. The van der Waals surface area contributed by atoms with Gasteiger partial charge in [0.25, 0.3) is 0 Å². The molecule has 294 valence electrons. The number of rotatable bonds is 10. The van der Waals surface area contributed by atoms with Crippen LogP contribution in [0.25, 0.3) is 56.7 Å². The normalized spacial score (nSPS) is 12.9. The van der Waals surface area contributed by atoms with E-state index in [0.717, 1.165) is 24.2 Å². The molecule has 0 saturated heterocycles. The molecule has 0 atom stereocenters. The number of nitrogens with zero attached hydrogens (tertiary/aromatic N) is 1. The molecule has 0 aliphatic heterocycles. The van der Waals surface area contributed by atoms with E-state index in [9.17, 15) is 0 Å². The molecule has 0 bridgehead atoms. The first-order valence-corrected chi connectivity index (χ1v) is 21.5. The van der Waals surface area contributed by atoms with Crippen molar-refractivity contribution in [2.75, 3.05) is 4.90 Å². The van der Waals surface area contributed by atoms with E-state index in [1.807, 2.05) is 0 Å². The van der Waals surface area contributed by atoms with Gasteiger partial charge in [0.15, 0.2) is 0 Å². The van der Waals surface area contributed by atoms with Gasteiger partial charge in [-0.2, -0.15) is 0 Å². The van der Waals surface area contributed by atoms with Gasteiger partial charge in [0.1, 0.15) is 0 Å². The minimum Gasteiger partial charge on any atom is -0.310 e. The number of para-hydroxylation sites is 2. The molecule has 0 radical (unpaired) electrons. The Kier molecular flexibility index (Phi) is 10.4. The quantitative estimate of drug-likeness (QED) is 0.125. The number of fused-ring (bicyclic) bond motifs is 3. The van der Waals surface area contributed by atoms with Gasteiger partial charge in [-0.25, -0.2) is 0 Å². The topological polar surface area (TPSA) is 3.24 Å². The average Bonchev–Trinajstić information content (AvgIpc) is 3.57. The van der Waals surface area contributed by atoms with Crippen LogP contribution in [0.15, 0.2) is 194 Å². The molecule has 9 rings (SSSR count). The summed E-state index contributed by atoms with van der Waals surface area (Å²) in [7, 11) is 0. The van der Waals surface area contributed by atoms with Crippen molar-refractivity contribution >= 4 is 29.2 Å². The lowest BCUT2D eigenvalue weighted by Gasteiger charge is -2.32. The number of benzene rings is 8. The van der Waals surface area contributed by atoms with Gasteiger partial charge in [-0.3, -0.25) is 0 Å². The smallest absolute Gasteiger partial charge is 0.0465 e. The van der Waals surface area contributed by atoms with Crippen LogP contribution in [0.5, 0.6) is 0 Å². The van der Waals surface area contributed by atoms with Crippen molar-refractivity contribution < 1.29 is 0 Å². The van der Waals surface area contributed by atoms with E-state index < -0.39 is 0 Å². The second-order valence-corrected chi connectivity index (χ2v) is 17.2. The van der Waals surface area contributed by atoms with E-state index >= 15 is 0 Å². The van der Waals surface area contributed by atoms with Gasteiger partial charge in [-0.1, -0.05) is 204 Å². The molecule has 0 N–H and O–H groups in total. The molecule has 1 aliphatic rings. The van der Waals surface area contributed by atoms with Crippen LogP contribution in [-0.2, 0) is 10.8 Å². The van der Waals surface area contributed by atoms with Crippen LogP contribution in [0, 0.1) is 0 Å². The van der Waals surface area contributed by atoms with E-state index in [1.165, 1.54) is 78.0 Å². The highest BCUT2D eigenvalue weighted by Crippen LogP contribution is 2.54. The van der Waals surface area contributed by atoms with Gasteiger partial charge in [0.2, 0.25) is 0 Å². The molecule has 0 spiro atoms. The molecule has 1 aliphatic carbocycles. The molecule has 0 amide bonds. The molecule has 8 aromatic carbocycles. The van der Waals surface area contributed by atoms with Crippen LogP contribution >= 0.6 is 0 Å². The molecule has 1 nitrogen and oxygen atoms in total. The number of hydrogen-bond acceptors (Lipinski definition) is 1. The second-order valence-electron chi connectivity index (χ2n) is 17.2. The Balaban J connectivity index is 1.04. The third-order valence-electron chi connectivity index (χ3n) is 12.7. The summed E-state index contributed by atoms with van der Waals surface area (Å²) in [6.45, 7) is 11.5. The molecular formula is C59H53N. The first-order chi connectivity index (χ1) is 29.3. The molecule has 0 aromatic heterocycles.